The van der Waals surface area contributed by atoms with E-state index < -0.39 is 0 Å². The second-order valence-corrected chi connectivity index (χ2v) is 3.89. The molecule has 0 saturated carbocycles. The lowest BCUT2D eigenvalue weighted by molar-refractivity contribution is 0.0514. The summed E-state index contributed by atoms with van der Waals surface area (Å²) in [4.78, 5) is 2.30. The van der Waals surface area contributed by atoms with Crippen molar-refractivity contribution in [3.63, 3.8) is 0 Å². The van der Waals surface area contributed by atoms with Crippen molar-refractivity contribution >= 4 is 0 Å². The number of aliphatic hydroxyl groups is 1. The first-order valence-corrected chi connectivity index (χ1v) is 4.79. The van der Waals surface area contributed by atoms with Gasteiger partial charge < -0.3 is 10.8 Å². The van der Waals surface area contributed by atoms with E-state index in [1.54, 1.807) is 0 Å². The molecule has 12 heavy (non-hydrogen) atoms. The summed E-state index contributed by atoms with van der Waals surface area (Å²) >= 11 is 0. The Morgan fingerprint density at radius 1 is 1.58 bits per heavy atom. The van der Waals surface area contributed by atoms with Crippen LogP contribution in [0.15, 0.2) is 0 Å². The highest BCUT2D eigenvalue weighted by Crippen LogP contribution is 2.18. The standard InChI is InChI=1S/C9H20N2O/c1-7(2)11-5-3-4-8(10)9(11)6-12/h7-9,12H,3-6,10H2,1-2H3/t8-,9-/m1/s1. The maximum absolute atomic E-state index is 9.16. The molecule has 3 nitrogen and oxygen atoms in total. The lowest BCUT2D eigenvalue weighted by atomic mass is 9.96. The Morgan fingerprint density at radius 2 is 2.25 bits per heavy atom. The van der Waals surface area contributed by atoms with Crippen LogP contribution in [-0.4, -0.2) is 41.3 Å². The predicted molar refractivity (Wildman–Crippen MR) is 49.9 cm³/mol. The van der Waals surface area contributed by atoms with E-state index in [0.717, 1.165) is 19.4 Å². The van der Waals surface area contributed by atoms with E-state index in [1.165, 1.54) is 0 Å². The quantitative estimate of drug-likeness (QED) is 0.624. The van der Waals surface area contributed by atoms with Crippen molar-refractivity contribution in [1.82, 2.24) is 4.90 Å². The molecule has 0 radical (unpaired) electrons. The fraction of sp³-hybridized carbons (Fsp3) is 1.00. The normalized spacial score (nSPS) is 32.8. The van der Waals surface area contributed by atoms with Gasteiger partial charge in [0.2, 0.25) is 0 Å². The minimum absolute atomic E-state index is 0.158. The first-order valence-electron chi connectivity index (χ1n) is 4.79. The number of rotatable bonds is 2. The summed E-state index contributed by atoms with van der Waals surface area (Å²) in [6.07, 6.45) is 2.21. The van der Waals surface area contributed by atoms with Gasteiger partial charge in [-0.1, -0.05) is 0 Å². The van der Waals surface area contributed by atoms with E-state index in [2.05, 4.69) is 18.7 Å². The van der Waals surface area contributed by atoms with Crippen molar-refractivity contribution < 1.29 is 5.11 Å². The van der Waals surface area contributed by atoms with Gasteiger partial charge in [0.05, 0.1) is 6.61 Å². The van der Waals surface area contributed by atoms with Gasteiger partial charge in [-0.25, -0.2) is 0 Å². The molecule has 3 heteroatoms. The predicted octanol–water partition coefficient (Wildman–Crippen LogP) is 0.179. The molecule has 1 aliphatic rings. The van der Waals surface area contributed by atoms with Crippen molar-refractivity contribution in [2.45, 2.75) is 44.8 Å². The molecule has 1 saturated heterocycles. The van der Waals surface area contributed by atoms with E-state index in [1.807, 2.05) is 0 Å². The average molecular weight is 172 g/mol. The molecule has 0 amide bonds. The number of piperidine rings is 1. The molecule has 0 aromatic carbocycles. The van der Waals surface area contributed by atoms with Gasteiger partial charge in [-0.05, 0) is 33.2 Å². The molecule has 0 aromatic heterocycles. The van der Waals surface area contributed by atoms with Crippen molar-refractivity contribution in [3.05, 3.63) is 0 Å². The number of likely N-dealkylation sites (tertiary alicyclic amines) is 1. The van der Waals surface area contributed by atoms with Crippen LogP contribution in [0.25, 0.3) is 0 Å². The molecule has 0 aromatic rings. The Kier molecular flexibility index (Phi) is 3.50. The molecule has 1 fully saturated rings. The van der Waals surface area contributed by atoms with Crippen molar-refractivity contribution in [3.8, 4) is 0 Å². The summed E-state index contributed by atoms with van der Waals surface area (Å²) in [5.41, 5.74) is 5.92. The Balaban J connectivity index is 2.57. The van der Waals surface area contributed by atoms with Gasteiger partial charge >= 0.3 is 0 Å². The summed E-state index contributed by atoms with van der Waals surface area (Å²) in [5, 5.41) is 9.16. The maximum atomic E-state index is 9.16. The summed E-state index contributed by atoms with van der Waals surface area (Å²) in [6, 6.07) is 0.832. The third kappa shape index (κ3) is 1.97. The minimum Gasteiger partial charge on any atom is -0.395 e. The van der Waals surface area contributed by atoms with Crippen LogP contribution in [0.1, 0.15) is 26.7 Å². The molecule has 1 rings (SSSR count). The van der Waals surface area contributed by atoms with Gasteiger partial charge in [0.25, 0.3) is 0 Å². The fourth-order valence-corrected chi connectivity index (χ4v) is 2.00. The molecule has 3 N–H and O–H groups in total. The van der Waals surface area contributed by atoms with E-state index >= 15 is 0 Å². The second-order valence-electron chi connectivity index (χ2n) is 3.89. The van der Waals surface area contributed by atoms with Crippen LogP contribution >= 0.6 is 0 Å². The highest BCUT2D eigenvalue weighted by atomic mass is 16.3. The monoisotopic (exact) mass is 172 g/mol. The average Bonchev–Trinajstić information content (AvgIpc) is 2.03. The van der Waals surface area contributed by atoms with Crippen molar-refractivity contribution in [1.29, 1.82) is 0 Å². The summed E-state index contributed by atoms with van der Waals surface area (Å²) in [5.74, 6) is 0. The SMILES string of the molecule is CC(C)N1CCC[C@@H](N)[C@H]1CO. The van der Waals surface area contributed by atoms with Gasteiger partial charge in [-0.15, -0.1) is 0 Å². The Bertz CT molecular complexity index is 138. The molecule has 1 aliphatic heterocycles. The number of hydrogen-bond donors (Lipinski definition) is 2. The molecule has 0 aliphatic carbocycles. The molecular weight excluding hydrogens is 152 g/mol. The van der Waals surface area contributed by atoms with Crippen LogP contribution in [0.2, 0.25) is 0 Å². The van der Waals surface area contributed by atoms with E-state index in [0.29, 0.717) is 6.04 Å². The van der Waals surface area contributed by atoms with Crippen LogP contribution in [0, 0.1) is 0 Å². The smallest absolute Gasteiger partial charge is 0.0602 e. The number of nitrogens with zero attached hydrogens (tertiary/aromatic N) is 1. The zero-order chi connectivity index (χ0) is 9.14. The Morgan fingerprint density at radius 3 is 2.67 bits per heavy atom. The number of hydrogen-bond acceptors (Lipinski definition) is 3. The van der Waals surface area contributed by atoms with Crippen LogP contribution < -0.4 is 5.73 Å². The molecule has 0 spiro atoms. The second kappa shape index (κ2) is 4.21. The summed E-state index contributed by atoms with van der Waals surface area (Å²) < 4.78 is 0. The van der Waals surface area contributed by atoms with Crippen LogP contribution in [0.4, 0.5) is 0 Å². The van der Waals surface area contributed by atoms with E-state index in [4.69, 9.17) is 10.8 Å². The van der Waals surface area contributed by atoms with E-state index in [9.17, 15) is 0 Å². The minimum atomic E-state index is 0.158. The zero-order valence-electron chi connectivity index (χ0n) is 8.03. The third-order valence-electron chi connectivity index (χ3n) is 2.72. The Labute approximate surface area is 74.5 Å². The summed E-state index contributed by atoms with van der Waals surface area (Å²) in [7, 11) is 0. The van der Waals surface area contributed by atoms with Crippen LogP contribution in [0.3, 0.4) is 0 Å². The zero-order valence-corrected chi connectivity index (χ0v) is 8.03. The highest BCUT2D eigenvalue weighted by molar-refractivity contribution is 4.87. The molecule has 72 valence electrons. The van der Waals surface area contributed by atoms with Gasteiger partial charge in [0.1, 0.15) is 0 Å². The van der Waals surface area contributed by atoms with E-state index in [-0.39, 0.29) is 18.7 Å². The molecule has 0 unspecified atom stereocenters. The molecular formula is C9H20N2O. The third-order valence-corrected chi connectivity index (χ3v) is 2.72. The van der Waals surface area contributed by atoms with Gasteiger partial charge in [0, 0.05) is 18.1 Å². The topological polar surface area (TPSA) is 49.5 Å². The van der Waals surface area contributed by atoms with Crippen LogP contribution in [0.5, 0.6) is 0 Å². The number of aliphatic hydroxyl groups excluding tert-OH is 1. The van der Waals surface area contributed by atoms with Crippen molar-refractivity contribution in [2.75, 3.05) is 13.2 Å². The lowest BCUT2D eigenvalue weighted by Crippen LogP contribution is -2.56. The maximum Gasteiger partial charge on any atom is 0.0602 e. The summed E-state index contributed by atoms with van der Waals surface area (Å²) in [6.45, 7) is 5.58. The first kappa shape index (κ1) is 9.96. The largest absolute Gasteiger partial charge is 0.395 e. The first-order chi connectivity index (χ1) is 5.66. The van der Waals surface area contributed by atoms with Gasteiger partial charge in [0.15, 0.2) is 0 Å². The molecule has 2 atom stereocenters. The lowest BCUT2D eigenvalue weighted by Gasteiger charge is -2.41. The van der Waals surface area contributed by atoms with Crippen LogP contribution in [-0.2, 0) is 0 Å². The van der Waals surface area contributed by atoms with Gasteiger partial charge in [-0.3, -0.25) is 4.90 Å². The molecule has 1 heterocycles. The fourth-order valence-electron chi connectivity index (χ4n) is 2.00. The Hall–Kier alpha value is -0.120. The van der Waals surface area contributed by atoms with Gasteiger partial charge in [-0.2, -0.15) is 0 Å². The number of nitrogens with two attached hydrogens (primary N) is 1. The molecule has 0 bridgehead atoms. The highest BCUT2D eigenvalue weighted by Gasteiger charge is 2.29. The van der Waals surface area contributed by atoms with Crippen molar-refractivity contribution in [2.24, 2.45) is 5.73 Å².